The van der Waals surface area contributed by atoms with Crippen LogP contribution in [0.1, 0.15) is 33.6 Å². The number of piperidine rings is 1. The number of rotatable bonds is 7. The van der Waals surface area contributed by atoms with E-state index in [4.69, 9.17) is 5.73 Å². The van der Waals surface area contributed by atoms with Gasteiger partial charge in [-0.1, -0.05) is 13.8 Å². The molecule has 0 aromatic rings. The lowest BCUT2D eigenvalue weighted by Crippen LogP contribution is -2.52. The maximum atomic E-state index is 12.6. The molecule has 0 aromatic carbocycles. The molecule has 27 heavy (non-hydrogen) atoms. The third kappa shape index (κ3) is 7.36. The second-order valence-corrected chi connectivity index (χ2v) is 7.13. The Kier molecular flexibility index (Phi) is 8.52. The van der Waals surface area contributed by atoms with Gasteiger partial charge >= 0.3 is 6.18 Å². The summed E-state index contributed by atoms with van der Waals surface area (Å²) >= 11 is 0. The number of hydrogen-bond donors (Lipinski definition) is 2. The van der Waals surface area contributed by atoms with Gasteiger partial charge in [-0.2, -0.15) is 13.2 Å². The summed E-state index contributed by atoms with van der Waals surface area (Å²) < 4.78 is 37.8. The third-order valence-electron chi connectivity index (χ3n) is 4.62. The average molecular weight is 394 g/mol. The summed E-state index contributed by atoms with van der Waals surface area (Å²) in [6.07, 6.45) is -3.51. The average Bonchev–Trinajstić information content (AvgIpc) is 2.61. The van der Waals surface area contributed by atoms with Gasteiger partial charge in [0.15, 0.2) is 0 Å². The largest absolute Gasteiger partial charge is 0.406 e. The fraction of sp³-hybridized carbons (Fsp3) is 0.824. The van der Waals surface area contributed by atoms with Gasteiger partial charge in [0.1, 0.15) is 6.54 Å². The van der Waals surface area contributed by atoms with E-state index in [2.05, 4.69) is 5.32 Å². The van der Waals surface area contributed by atoms with Crippen molar-refractivity contribution in [2.75, 3.05) is 32.7 Å². The van der Waals surface area contributed by atoms with Gasteiger partial charge in [-0.15, -0.1) is 0 Å². The summed E-state index contributed by atoms with van der Waals surface area (Å²) in [5, 5.41) is 2.47. The number of amides is 3. The Hall–Kier alpha value is -1.84. The predicted octanol–water partition coefficient (Wildman–Crippen LogP) is 0.735. The van der Waals surface area contributed by atoms with Gasteiger partial charge in [-0.25, -0.2) is 0 Å². The molecule has 1 unspecified atom stereocenters. The van der Waals surface area contributed by atoms with Crippen molar-refractivity contribution in [3.05, 3.63) is 0 Å². The lowest BCUT2D eigenvalue weighted by Gasteiger charge is -2.35. The maximum Gasteiger partial charge on any atom is 0.406 e. The topological polar surface area (TPSA) is 95.7 Å². The molecule has 3 N–H and O–H groups in total. The van der Waals surface area contributed by atoms with Crippen LogP contribution in [0.25, 0.3) is 0 Å². The first-order valence-electron chi connectivity index (χ1n) is 9.12. The Morgan fingerprint density at radius 1 is 1.30 bits per heavy atom. The number of nitrogens with one attached hydrogen (secondary N) is 1. The molecule has 1 aliphatic heterocycles. The zero-order valence-corrected chi connectivity index (χ0v) is 16.0. The van der Waals surface area contributed by atoms with E-state index in [1.54, 1.807) is 13.8 Å². The summed E-state index contributed by atoms with van der Waals surface area (Å²) in [6, 6.07) is -0.728. The van der Waals surface area contributed by atoms with Gasteiger partial charge in [0.2, 0.25) is 17.7 Å². The quantitative estimate of drug-likeness (QED) is 0.666. The van der Waals surface area contributed by atoms with E-state index in [1.807, 2.05) is 0 Å². The van der Waals surface area contributed by atoms with Crippen LogP contribution in [-0.2, 0) is 14.4 Å². The van der Waals surface area contributed by atoms with E-state index in [1.165, 1.54) is 11.8 Å². The number of hydrogen-bond acceptors (Lipinski definition) is 4. The van der Waals surface area contributed by atoms with Gasteiger partial charge in [0.05, 0.1) is 18.5 Å². The number of alkyl halides is 3. The van der Waals surface area contributed by atoms with E-state index >= 15 is 0 Å². The zero-order valence-electron chi connectivity index (χ0n) is 16.0. The molecule has 0 aliphatic carbocycles. The molecule has 0 saturated carbocycles. The van der Waals surface area contributed by atoms with Crippen LogP contribution in [0.2, 0.25) is 0 Å². The first-order chi connectivity index (χ1) is 12.5. The Balaban J connectivity index is 2.61. The third-order valence-corrected chi connectivity index (χ3v) is 4.62. The normalized spacial score (nSPS) is 19.0. The smallest absolute Gasteiger partial charge is 0.346 e. The summed E-state index contributed by atoms with van der Waals surface area (Å²) in [7, 11) is 0. The lowest BCUT2D eigenvalue weighted by molar-refractivity contribution is -0.164. The van der Waals surface area contributed by atoms with Crippen LogP contribution in [0.5, 0.6) is 0 Å². The van der Waals surface area contributed by atoms with Gasteiger partial charge in [-0.3, -0.25) is 14.4 Å². The first kappa shape index (κ1) is 23.2. The summed E-state index contributed by atoms with van der Waals surface area (Å²) in [5.41, 5.74) is 5.71. The van der Waals surface area contributed by atoms with Gasteiger partial charge < -0.3 is 20.9 Å². The first-order valence-corrected chi connectivity index (χ1v) is 9.12. The van der Waals surface area contributed by atoms with Crippen molar-refractivity contribution in [3.8, 4) is 0 Å². The predicted molar refractivity (Wildman–Crippen MR) is 93.4 cm³/mol. The fourth-order valence-electron chi connectivity index (χ4n) is 2.92. The molecule has 0 radical (unpaired) electrons. The van der Waals surface area contributed by atoms with Crippen molar-refractivity contribution in [2.24, 2.45) is 17.6 Å². The molecule has 1 rings (SSSR count). The van der Waals surface area contributed by atoms with E-state index in [-0.39, 0.29) is 31.5 Å². The van der Waals surface area contributed by atoms with Crippen molar-refractivity contribution in [3.63, 3.8) is 0 Å². The number of carbonyl (C=O) groups excluding carboxylic acids is 3. The Morgan fingerprint density at radius 2 is 1.93 bits per heavy atom. The van der Waals surface area contributed by atoms with Crippen LogP contribution in [-0.4, -0.2) is 72.5 Å². The highest BCUT2D eigenvalue weighted by molar-refractivity contribution is 5.88. The van der Waals surface area contributed by atoms with Crippen LogP contribution in [0.3, 0.4) is 0 Å². The SMILES string of the molecule is CCN(CC(F)(F)F)C(=O)C1CCCN(C(=O)CNC(=O)[C@@H](N)C(C)C)C1. The fourth-order valence-corrected chi connectivity index (χ4v) is 2.92. The molecular formula is C17H29F3N4O3. The molecule has 0 bridgehead atoms. The number of carbonyl (C=O) groups is 3. The van der Waals surface area contributed by atoms with Gasteiger partial charge in [0, 0.05) is 19.6 Å². The summed E-state index contributed by atoms with van der Waals surface area (Å²) in [6.45, 7) is 3.92. The van der Waals surface area contributed by atoms with Crippen molar-refractivity contribution >= 4 is 17.7 Å². The second-order valence-electron chi connectivity index (χ2n) is 7.13. The zero-order chi connectivity index (χ0) is 20.8. The Morgan fingerprint density at radius 3 is 2.44 bits per heavy atom. The standard InChI is InChI=1S/C17H29F3N4O3/c1-4-23(10-17(18,19)20)16(27)12-6-5-7-24(9-12)13(25)8-22-15(26)14(21)11(2)3/h11-12,14H,4-10,21H2,1-3H3,(H,22,26)/t12?,14-/m0/s1. The van der Waals surface area contributed by atoms with E-state index < -0.39 is 36.5 Å². The second kappa shape index (κ2) is 9.91. The number of likely N-dealkylation sites (tertiary alicyclic amines) is 1. The van der Waals surface area contributed by atoms with E-state index in [9.17, 15) is 27.6 Å². The molecule has 1 aliphatic rings. The molecule has 0 aromatic heterocycles. The van der Waals surface area contributed by atoms with Gasteiger partial charge in [-0.05, 0) is 25.7 Å². The van der Waals surface area contributed by atoms with Crippen LogP contribution in [0.4, 0.5) is 13.2 Å². The molecule has 3 amide bonds. The highest BCUT2D eigenvalue weighted by atomic mass is 19.4. The molecule has 0 spiro atoms. The number of halogens is 3. The minimum absolute atomic E-state index is 0.0497. The minimum atomic E-state index is -4.46. The Labute approximate surface area is 157 Å². The van der Waals surface area contributed by atoms with Crippen LogP contribution < -0.4 is 11.1 Å². The van der Waals surface area contributed by atoms with Crippen molar-refractivity contribution < 1.29 is 27.6 Å². The van der Waals surface area contributed by atoms with Crippen molar-refractivity contribution in [1.82, 2.24) is 15.1 Å². The number of nitrogens with two attached hydrogens (primary N) is 1. The monoisotopic (exact) mass is 394 g/mol. The highest BCUT2D eigenvalue weighted by Crippen LogP contribution is 2.22. The minimum Gasteiger partial charge on any atom is -0.346 e. The number of nitrogens with zero attached hydrogens (tertiary/aromatic N) is 2. The van der Waals surface area contributed by atoms with Crippen LogP contribution >= 0.6 is 0 Å². The maximum absolute atomic E-state index is 12.6. The van der Waals surface area contributed by atoms with Crippen LogP contribution in [0, 0.1) is 11.8 Å². The van der Waals surface area contributed by atoms with Crippen molar-refractivity contribution in [2.45, 2.75) is 45.8 Å². The molecular weight excluding hydrogens is 365 g/mol. The molecule has 10 heteroatoms. The van der Waals surface area contributed by atoms with Crippen molar-refractivity contribution in [1.29, 1.82) is 0 Å². The molecule has 2 atom stereocenters. The lowest BCUT2D eigenvalue weighted by atomic mass is 9.96. The molecule has 1 fully saturated rings. The molecule has 1 heterocycles. The highest BCUT2D eigenvalue weighted by Gasteiger charge is 2.36. The Bertz CT molecular complexity index is 540. The van der Waals surface area contributed by atoms with Crippen LogP contribution in [0.15, 0.2) is 0 Å². The molecule has 1 saturated heterocycles. The summed E-state index contributed by atoms with van der Waals surface area (Å²) in [5.74, 6) is -2.16. The summed E-state index contributed by atoms with van der Waals surface area (Å²) in [4.78, 5) is 38.7. The van der Waals surface area contributed by atoms with E-state index in [0.717, 1.165) is 4.90 Å². The van der Waals surface area contributed by atoms with E-state index in [0.29, 0.717) is 19.4 Å². The molecule has 156 valence electrons. The van der Waals surface area contributed by atoms with Gasteiger partial charge in [0.25, 0.3) is 0 Å². The molecule has 7 nitrogen and oxygen atoms in total.